The smallest absolute Gasteiger partial charge is 0.330 e. The average molecular weight is 614 g/mol. The summed E-state index contributed by atoms with van der Waals surface area (Å²) >= 11 is 0. The predicted octanol–water partition coefficient (Wildman–Crippen LogP) is 3.80. The first-order chi connectivity index (χ1) is 20.4. The minimum atomic E-state index is -4.41. The first kappa shape index (κ1) is 30.0. The van der Waals surface area contributed by atoms with E-state index in [1.54, 1.807) is 38.1 Å². The minimum absolute atomic E-state index is 0.228. The van der Waals surface area contributed by atoms with E-state index in [9.17, 15) is 22.0 Å². The van der Waals surface area contributed by atoms with Crippen LogP contribution in [0.5, 0.6) is 5.88 Å². The summed E-state index contributed by atoms with van der Waals surface area (Å²) in [6, 6.07) is 5.51. The van der Waals surface area contributed by atoms with Crippen molar-refractivity contribution in [1.29, 1.82) is 0 Å². The Balaban J connectivity index is 1.44. The van der Waals surface area contributed by atoms with Gasteiger partial charge in [0.2, 0.25) is 5.88 Å². The van der Waals surface area contributed by atoms with Gasteiger partial charge in [-0.3, -0.25) is 9.71 Å². The number of hydroxylamine groups is 2. The third kappa shape index (κ3) is 6.46. The third-order valence-electron chi connectivity index (χ3n) is 6.64. The lowest BCUT2D eigenvalue weighted by atomic mass is 9.98. The number of benzene rings is 1. The molecule has 1 aromatic carbocycles. The Labute approximate surface area is 246 Å². The van der Waals surface area contributed by atoms with Crippen LogP contribution in [0.2, 0.25) is 0 Å². The van der Waals surface area contributed by atoms with E-state index in [1.807, 2.05) is 4.90 Å². The van der Waals surface area contributed by atoms with E-state index in [0.29, 0.717) is 60.2 Å². The number of aromatic nitrogens is 4. The molecule has 1 aliphatic rings. The normalized spacial score (nSPS) is 14.5. The molecule has 12 nitrogen and oxygen atoms in total. The van der Waals surface area contributed by atoms with Gasteiger partial charge in [0.05, 0.1) is 48.7 Å². The summed E-state index contributed by atoms with van der Waals surface area (Å²) in [5.74, 6) is -1.83. The maximum absolute atomic E-state index is 14.2. The molecule has 3 aromatic heterocycles. The van der Waals surface area contributed by atoms with Gasteiger partial charge < -0.3 is 14.5 Å². The lowest BCUT2D eigenvalue weighted by Crippen LogP contribution is -2.48. The number of nitrogens with zero attached hydrogens (tertiary/aromatic N) is 6. The van der Waals surface area contributed by atoms with Crippen molar-refractivity contribution in [3.05, 3.63) is 60.7 Å². The first-order valence-corrected chi connectivity index (χ1v) is 14.7. The van der Waals surface area contributed by atoms with Gasteiger partial charge in [0.1, 0.15) is 28.7 Å². The number of carbonyl (C=O) groups is 1. The Morgan fingerprint density at radius 2 is 1.72 bits per heavy atom. The quantitative estimate of drug-likeness (QED) is 0.326. The average Bonchev–Trinajstić information content (AvgIpc) is 2.97. The van der Waals surface area contributed by atoms with Crippen LogP contribution in [0.15, 0.2) is 53.9 Å². The molecule has 0 unspecified atom stereocenters. The monoisotopic (exact) mass is 613 g/mol. The summed E-state index contributed by atoms with van der Waals surface area (Å²) in [4.78, 5) is 36.9. The van der Waals surface area contributed by atoms with Crippen LogP contribution in [-0.4, -0.2) is 72.7 Å². The molecular formula is C28H29F2N7O5S. The number of fused-ring (bicyclic) bond motifs is 1. The molecule has 0 atom stereocenters. The molecule has 1 N–H and O–H groups in total. The summed E-state index contributed by atoms with van der Waals surface area (Å²) in [6.45, 7) is 7.38. The predicted molar refractivity (Wildman–Crippen MR) is 154 cm³/mol. The van der Waals surface area contributed by atoms with Crippen LogP contribution in [0, 0.1) is 17.0 Å². The van der Waals surface area contributed by atoms with Gasteiger partial charge in [-0.25, -0.2) is 36.9 Å². The van der Waals surface area contributed by atoms with Crippen LogP contribution in [0.3, 0.4) is 0 Å². The zero-order valence-electron chi connectivity index (χ0n) is 23.8. The van der Waals surface area contributed by atoms with Crippen LogP contribution in [0.1, 0.15) is 20.8 Å². The molecule has 43 heavy (non-hydrogen) atoms. The number of carbonyl (C=O) groups excluding carboxylic acids is 1. The van der Waals surface area contributed by atoms with E-state index in [4.69, 9.17) is 9.57 Å². The molecule has 0 amide bonds. The second kappa shape index (κ2) is 11.6. The molecule has 226 valence electrons. The Kier molecular flexibility index (Phi) is 8.12. The standard InChI is InChI=1S/C28H29F2N7O5S/c1-28(2,3)27(38)42-37-9-7-36(8-10-37)25-19-13-22(31-15-23(19)33-16-34-25)17-11-24(26(41-4)32-14-17)43(39,40)35-21-6-5-18(29)12-20(21)30/h5-6,11-16,35H,7-10H2,1-4H3. The number of nitrogens with one attached hydrogen (secondary N) is 1. The van der Waals surface area contributed by atoms with Crippen molar-refractivity contribution in [1.82, 2.24) is 25.0 Å². The lowest BCUT2D eigenvalue weighted by Gasteiger charge is -2.35. The largest absolute Gasteiger partial charge is 0.480 e. The van der Waals surface area contributed by atoms with Crippen molar-refractivity contribution in [2.75, 3.05) is 42.9 Å². The van der Waals surface area contributed by atoms with Gasteiger partial charge in [0.15, 0.2) is 0 Å². The van der Waals surface area contributed by atoms with Gasteiger partial charge >= 0.3 is 5.97 Å². The Bertz CT molecular complexity index is 1790. The summed E-state index contributed by atoms with van der Waals surface area (Å²) in [5, 5.41) is 2.30. The number of hydrogen-bond acceptors (Lipinski definition) is 11. The Morgan fingerprint density at radius 1 is 0.977 bits per heavy atom. The fraction of sp³-hybridized carbons (Fsp3) is 0.321. The number of halogens is 2. The summed E-state index contributed by atoms with van der Waals surface area (Å²) in [5.41, 5.74) is 0.217. The van der Waals surface area contributed by atoms with E-state index in [1.165, 1.54) is 25.7 Å². The molecule has 0 spiro atoms. The Hall–Kier alpha value is -4.50. The Morgan fingerprint density at radius 3 is 2.40 bits per heavy atom. The maximum atomic E-state index is 14.2. The second-order valence-electron chi connectivity index (χ2n) is 10.8. The number of pyridine rings is 2. The highest BCUT2D eigenvalue weighted by atomic mass is 32.2. The van der Waals surface area contributed by atoms with Gasteiger partial charge in [-0.2, -0.15) is 0 Å². The molecule has 1 saturated heterocycles. The number of anilines is 2. The van der Waals surface area contributed by atoms with Gasteiger partial charge in [-0.05, 0) is 45.0 Å². The summed E-state index contributed by atoms with van der Waals surface area (Å²) in [7, 11) is -3.16. The fourth-order valence-corrected chi connectivity index (χ4v) is 5.50. The number of sulfonamides is 1. The van der Waals surface area contributed by atoms with E-state index in [-0.39, 0.29) is 16.7 Å². The summed E-state index contributed by atoms with van der Waals surface area (Å²) in [6.07, 6.45) is 4.38. The van der Waals surface area contributed by atoms with E-state index in [2.05, 4.69) is 24.7 Å². The molecule has 4 aromatic rings. The second-order valence-corrected chi connectivity index (χ2v) is 12.4. The molecule has 4 heterocycles. The number of piperazine rings is 1. The lowest BCUT2D eigenvalue weighted by molar-refractivity contribution is -0.201. The molecule has 0 radical (unpaired) electrons. The van der Waals surface area contributed by atoms with Gasteiger partial charge in [-0.1, -0.05) is 0 Å². The number of methoxy groups -OCH3 is 1. The van der Waals surface area contributed by atoms with Crippen molar-refractivity contribution in [3.63, 3.8) is 0 Å². The van der Waals surface area contributed by atoms with Crippen LogP contribution in [-0.2, 0) is 19.7 Å². The van der Waals surface area contributed by atoms with Gasteiger partial charge in [0.25, 0.3) is 10.0 Å². The molecule has 5 rings (SSSR count). The molecule has 15 heteroatoms. The number of ether oxygens (including phenoxy) is 1. The third-order valence-corrected chi connectivity index (χ3v) is 8.00. The van der Waals surface area contributed by atoms with Crippen LogP contribution < -0.4 is 14.4 Å². The minimum Gasteiger partial charge on any atom is -0.480 e. The van der Waals surface area contributed by atoms with Gasteiger partial charge in [0, 0.05) is 36.3 Å². The molecule has 0 saturated carbocycles. The van der Waals surface area contributed by atoms with Crippen molar-refractivity contribution < 1.29 is 31.6 Å². The number of hydrogen-bond donors (Lipinski definition) is 1. The number of rotatable bonds is 7. The van der Waals surface area contributed by atoms with Crippen molar-refractivity contribution in [2.45, 2.75) is 25.7 Å². The zero-order valence-corrected chi connectivity index (χ0v) is 24.7. The SMILES string of the molecule is COc1ncc(-c2cc3c(N4CCN(OC(=O)C(C)(C)C)CC4)ncnc3cn2)cc1S(=O)(=O)Nc1ccc(F)cc1F. The molecule has 1 fully saturated rings. The van der Waals surface area contributed by atoms with Gasteiger partial charge in [-0.15, -0.1) is 5.06 Å². The molecule has 0 bridgehead atoms. The molecule has 1 aliphatic heterocycles. The van der Waals surface area contributed by atoms with Crippen molar-refractivity contribution >= 4 is 38.4 Å². The first-order valence-electron chi connectivity index (χ1n) is 13.2. The summed E-state index contributed by atoms with van der Waals surface area (Å²) < 4.78 is 61.3. The molecular weight excluding hydrogens is 584 g/mol. The highest BCUT2D eigenvalue weighted by Gasteiger charge is 2.29. The van der Waals surface area contributed by atoms with Crippen LogP contribution in [0.25, 0.3) is 22.2 Å². The van der Waals surface area contributed by atoms with Crippen molar-refractivity contribution in [3.8, 4) is 17.1 Å². The van der Waals surface area contributed by atoms with Crippen LogP contribution >= 0.6 is 0 Å². The van der Waals surface area contributed by atoms with Crippen molar-refractivity contribution in [2.24, 2.45) is 5.41 Å². The van der Waals surface area contributed by atoms with E-state index < -0.39 is 32.8 Å². The maximum Gasteiger partial charge on any atom is 0.330 e. The topological polar surface area (TPSA) is 140 Å². The highest BCUT2D eigenvalue weighted by Crippen LogP contribution is 2.32. The van der Waals surface area contributed by atoms with Crippen LogP contribution in [0.4, 0.5) is 20.3 Å². The fourth-order valence-electron chi connectivity index (χ4n) is 4.29. The van der Waals surface area contributed by atoms with E-state index >= 15 is 0 Å². The molecule has 0 aliphatic carbocycles. The zero-order chi connectivity index (χ0) is 30.9. The highest BCUT2D eigenvalue weighted by molar-refractivity contribution is 7.92. The van der Waals surface area contributed by atoms with E-state index in [0.717, 1.165) is 12.1 Å².